The summed E-state index contributed by atoms with van der Waals surface area (Å²) in [6, 6.07) is 15.9. The molecule has 0 aliphatic carbocycles. The number of pyridine rings is 1. The van der Waals surface area contributed by atoms with Crippen LogP contribution in [0, 0.1) is 6.92 Å². The van der Waals surface area contributed by atoms with Gasteiger partial charge in [-0.3, -0.25) is 9.52 Å². The molecule has 0 aliphatic heterocycles. The molecule has 192 valence electrons. The summed E-state index contributed by atoms with van der Waals surface area (Å²) in [6.45, 7) is 3.31. The zero-order valence-corrected chi connectivity index (χ0v) is 20.7. The van der Waals surface area contributed by atoms with E-state index in [1.54, 1.807) is 56.3 Å². The lowest BCUT2D eigenvalue weighted by Crippen LogP contribution is -2.28. The van der Waals surface area contributed by atoms with Crippen molar-refractivity contribution in [2.24, 2.45) is 0 Å². The molecule has 0 aliphatic rings. The Kier molecular flexibility index (Phi) is 8.24. The zero-order chi connectivity index (χ0) is 26.5. The number of halogens is 3. The van der Waals surface area contributed by atoms with Crippen LogP contribution in [0.4, 0.5) is 18.9 Å². The van der Waals surface area contributed by atoms with Gasteiger partial charge in [0.25, 0.3) is 0 Å². The molecule has 0 saturated carbocycles. The second kappa shape index (κ2) is 11.0. The molecular weight excluding hydrogens is 495 g/mol. The molecular formula is C25H26F3N3O4S. The van der Waals surface area contributed by atoms with Gasteiger partial charge in [0.05, 0.1) is 17.9 Å². The average molecular weight is 522 g/mol. The van der Waals surface area contributed by atoms with Crippen LogP contribution in [0.1, 0.15) is 40.8 Å². The highest BCUT2D eigenvalue weighted by Crippen LogP contribution is 2.31. The van der Waals surface area contributed by atoms with Gasteiger partial charge in [-0.05, 0) is 48.7 Å². The number of anilines is 1. The van der Waals surface area contributed by atoms with E-state index in [1.807, 2.05) is 6.07 Å². The van der Waals surface area contributed by atoms with Crippen LogP contribution in [0.3, 0.4) is 0 Å². The number of nitrogens with zero attached hydrogens (tertiary/aromatic N) is 1. The topological polar surface area (TPSA) is 97.4 Å². The zero-order valence-electron chi connectivity index (χ0n) is 19.9. The number of rotatable bonds is 9. The highest BCUT2D eigenvalue weighted by Gasteiger charge is 2.33. The van der Waals surface area contributed by atoms with E-state index in [0.29, 0.717) is 22.4 Å². The van der Waals surface area contributed by atoms with Crippen LogP contribution in [0.5, 0.6) is 5.88 Å². The molecule has 0 fully saturated rings. The maximum atomic E-state index is 13.2. The minimum atomic E-state index is -4.64. The van der Waals surface area contributed by atoms with Gasteiger partial charge in [-0.25, -0.2) is 13.4 Å². The number of hydrogen-bond donors (Lipinski definition) is 2. The number of nitrogens with one attached hydrogen (secondary N) is 2. The summed E-state index contributed by atoms with van der Waals surface area (Å²) in [5.41, 5.74) is 1.65. The van der Waals surface area contributed by atoms with Crippen molar-refractivity contribution in [3.63, 3.8) is 0 Å². The maximum absolute atomic E-state index is 13.2. The summed E-state index contributed by atoms with van der Waals surface area (Å²) >= 11 is 0. The van der Waals surface area contributed by atoms with Crippen LogP contribution in [0.15, 0.2) is 60.7 Å². The lowest BCUT2D eigenvalue weighted by Gasteiger charge is -2.17. The predicted molar refractivity (Wildman–Crippen MR) is 130 cm³/mol. The van der Waals surface area contributed by atoms with Gasteiger partial charge in [0.1, 0.15) is 12.3 Å². The average Bonchev–Trinajstić information content (AvgIpc) is 2.81. The van der Waals surface area contributed by atoms with Crippen molar-refractivity contribution in [1.29, 1.82) is 0 Å². The van der Waals surface area contributed by atoms with Crippen molar-refractivity contribution in [2.75, 3.05) is 11.0 Å². The van der Waals surface area contributed by atoms with Crippen molar-refractivity contribution in [3.05, 3.63) is 88.6 Å². The maximum Gasteiger partial charge on any atom is 0.433 e. The molecule has 3 rings (SSSR count). The summed E-state index contributed by atoms with van der Waals surface area (Å²) in [6.07, 6.45) is -3.60. The second-order valence-corrected chi connectivity index (χ2v) is 10.1. The van der Waals surface area contributed by atoms with E-state index < -0.39 is 27.8 Å². The van der Waals surface area contributed by atoms with Crippen LogP contribution in [-0.4, -0.2) is 25.6 Å². The SMILES string of the molecule is Cc1cc(C(C)C(=O)NCc2ccc(C(F)(F)F)nc2OCc2ccccc2)ccc1NS(C)(=O)=O. The Labute approximate surface area is 207 Å². The molecule has 0 bridgehead atoms. The molecule has 1 atom stereocenters. The molecule has 3 aromatic rings. The van der Waals surface area contributed by atoms with Gasteiger partial charge < -0.3 is 10.1 Å². The number of carbonyl (C=O) groups excluding carboxylic acids is 1. The normalized spacial score (nSPS) is 12.6. The van der Waals surface area contributed by atoms with E-state index in [9.17, 15) is 26.4 Å². The van der Waals surface area contributed by atoms with Gasteiger partial charge in [0.2, 0.25) is 21.8 Å². The predicted octanol–water partition coefficient (Wildman–Crippen LogP) is 4.78. The number of benzene rings is 2. The minimum Gasteiger partial charge on any atom is -0.473 e. The van der Waals surface area contributed by atoms with Crippen LogP contribution in [0.2, 0.25) is 0 Å². The Hall–Kier alpha value is -3.60. The van der Waals surface area contributed by atoms with Crippen LogP contribution in [0.25, 0.3) is 0 Å². The first kappa shape index (κ1) is 27.0. The Balaban J connectivity index is 1.73. The summed E-state index contributed by atoms with van der Waals surface area (Å²) < 4.78 is 70.5. The Bertz CT molecular complexity index is 1330. The second-order valence-electron chi connectivity index (χ2n) is 8.32. The molecule has 2 aromatic carbocycles. The number of alkyl halides is 3. The van der Waals surface area contributed by atoms with Gasteiger partial charge in [-0.1, -0.05) is 42.5 Å². The van der Waals surface area contributed by atoms with E-state index in [4.69, 9.17) is 4.74 Å². The van der Waals surface area contributed by atoms with Gasteiger partial charge in [-0.15, -0.1) is 0 Å². The molecule has 1 aromatic heterocycles. The fourth-order valence-corrected chi connectivity index (χ4v) is 4.00. The standard InChI is InChI=1S/C25H26F3N3O4S/c1-16-13-19(9-11-21(16)31-36(3,33)34)17(2)23(32)29-14-20-10-12-22(25(26,27)28)30-24(20)35-15-18-7-5-4-6-8-18/h4-13,17,31H,14-15H2,1-3H3,(H,29,32). The van der Waals surface area contributed by atoms with E-state index in [0.717, 1.165) is 17.9 Å². The molecule has 0 radical (unpaired) electrons. The molecule has 11 heteroatoms. The highest BCUT2D eigenvalue weighted by atomic mass is 32.2. The third-order valence-corrected chi connectivity index (χ3v) is 5.93. The number of sulfonamides is 1. The summed E-state index contributed by atoms with van der Waals surface area (Å²) in [4.78, 5) is 16.4. The first-order valence-electron chi connectivity index (χ1n) is 10.9. The molecule has 1 amide bonds. The van der Waals surface area contributed by atoms with Crippen molar-refractivity contribution in [1.82, 2.24) is 10.3 Å². The molecule has 7 nitrogen and oxygen atoms in total. The third kappa shape index (κ3) is 7.45. The van der Waals surface area contributed by atoms with E-state index in [1.165, 1.54) is 6.07 Å². The Morgan fingerprint density at radius 3 is 2.39 bits per heavy atom. The van der Waals surface area contributed by atoms with Crippen molar-refractivity contribution in [3.8, 4) is 5.88 Å². The van der Waals surface area contributed by atoms with Crippen molar-refractivity contribution < 1.29 is 31.1 Å². The van der Waals surface area contributed by atoms with Gasteiger partial charge >= 0.3 is 6.18 Å². The molecule has 36 heavy (non-hydrogen) atoms. The van der Waals surface area contributed by atoms with Crippen LogP contribution in [-0.2, 0) is 34.1 Å². The smallest absolute Gasteiger partial charge is 0.433 e. The molecule has 1 heterocycles. The number of aromatic nitrogens is 1. The van der Waals surface area contributed by atoms with Gasteiger partial charge in [0, 0.05) is 12.1 Å². The first-order valence-corrected chi connectivity index (χ1v) is 12.8. The van der Waals surface area contributed by atoms with E-state index >= 15 is 0 Å². The number of ether oxygens (including phenoxy) is 1. The van der Waals surface area contributed by atoms with E-state index in [2.05, 4.69) is 15.0 Å². The molecule has 1 unspecified atom stereocenters. The Morgan fingerprint density at radius 2 is 1.78 bits per heavy atom. The number of hydrogen-bond acceptors (Lipinski definition) is 5. The fraction of sp³-hybridized carbons (Fsp3) is 0.280. The molecule has 2 N–H and O–H groups in total. The van der Waals surface area contributed by atoms with Gasteiger partial charge in [-0.2, -0.15) is 13.2 Å². The number of amides is 1. The molecule has 0 saturated heterocycles. The van der Waals surface area contributed by atoms with Crippen LogP contribution >= 0.6 is 0 Å². The molecule has 0 spiro atoms. The fourth-order valence-electron chi connectivity index (χ4n) is 3.37. The first-order chi connectivity index (χ1) is 16.8. The minimum absolute atomic E-state index is 0.0135. The van der Waals surface area contributed by atoms with E-state index in [-0.39, 0.29) is 24.9 Å². The van der Waals surface area contributed by atoms with Gasteiger partial charge in [0.15, 0.2) is 0 Å². The highest BCUT2D eigenvalue weighted by molar-refractivity contribution is 7.92. The largest absolute Gasteiger partial charge is 0.473 e. The lowest BCUT2D eigenvalue weighted by atomic mass is 9.97. The third-order valence-electron chi connectivity index (χ3n) is 5.34. The number of aryl methyl sites for hydroxylation is 1. The summed E-state index contributed by atoms with van der Waals surface area (Å²) in [7, 11) is -3.44. The van der Waals surface area contributed by atoms with Crippen molar-refractivity contribution >= 4 is 21.6 Å². The monoisotopic (exact) mass is 521 g/mol. The van der Waals surface area contributed by atoms with Crippen LogP contribution < -0.4 is 14.8 Å². The Morgan fingerprint density at radius 1 is 1.08 bits per heavy atom. The lowest BCUT2D eigenvalue weighted by molar-refractivity contribution is -0.141. The quantitative estimate of drug-likeness (QED) is 0.423. The number of carbonyl (C=O) groups is 1. The summed E-state index contributed by atoms with van der Waals surface area (Å²) in [5.74, 6) is -1.19. The summed E-state index contributed by atoms with van der Waals surface area (Å²) in [5, 5.41) is 2.71. The van der Waals surface area contributed by atoms with Crippen molar-refractivity contribution in [2.45, 2.75) is 39.1 Å².